The van der Waals surface area contributed by atoms with Gasteiger partial charge in [0.2, 0.25) is 5.91 Å². The minimum absolute atomic E-state index is 0.116. The van der Waals surface area contributed by atoms with Gasteiger partial charge in [0, 0.05) is 19.2 Å². The molecular formula is C11H12N4OS. The van der Waals surface area contributed by atoms with Gasteiger partial charge >= 0.3 is 0 Å². The van der Waals surface area contributed by atoms with E-state index in [2.05, 4.69) is 27.6 Å². The first-order valence-electron chi connectivity index (χ1n) is 5.49. The lowest BCUT2D eigenvalue weighted by molar-refractivity contribution is -0.117. The maximum Gasteiger partial charge on any atom is 0.228 e. The molecule has 0 spiro atoms. The fourth-order valence-electron chi connectivity index (χ4n) is 2.18. The number of hydrogen-bond donors (Lipinski definition) is 2. The minimum atomic E-state index is 0.116. The van der Waals surface area contributed by atoms with E-state index in [0.717, 1.165) is 16.8 Å². The second-order valence-electron chi connectivity index (χ2n) is 4.19. The average Bonchev–Trinajstić information content (AvgIpc) is 2.94. The minimum Gasteiger partial charge on any atom is -0.346 e. The van der Waals surface area contributed by atoms with Gasteiger partial charge < -0.3 is 4.98 Å². The average molecular weight is 248 g/mol. The number of nitrogens with zero attached hydrogens (tertiary/aromatic N) is 3. The Bertz CT molecular complexity index is 567. The van der Waals surface area contributed by atoms with Gasteiger partial charge in [-0.1, -0.05) is 0 Å². The molecular weight excluding hydrogens is 236 g/mol. The molecule has 2 aromatic rings. The largest absolute Gasteiger partial charge is 0.346 e. The van der Waals surface area contributed by atoms with Gasteiger partial charge in [-0.3, -0.25) is 9.69 Å². The van der Waals surface area contributed by atoms with Crippen LogP contribution in [0, 0.1) is 5.92 Å². The van der Waals surface area contributed by atoms with Crippen LogP contribution in [0.1, 0.15) is 6.42 Å². The molecule has 1 saturated heterocycles. The van der Waals surface area contributed by atoms with Gasteiger partial charge in [0.05, 0.1) is 5.39 Å². The molecule has 0 bridgehead atoms. The highest BCUT2D eigenvalue weighted by atomic mass is 32.1. The molecule has 1 unspecified atom stereocenters. The number of aromatic amines is 1. The van der Waals surface area contributed by atoms with Crippen LogP contribution in [0.2, 0.25) is 0 Å². The number of hydrogen-bond acceptors (Lipinski definition) is 4. The number of carbonyl (C=O) groups excluding carboxylic acids is 1. The number of carbonyl (C=O) groups is 1. The lowest BCUT2D eigenvalue weighted by Gasteiger charge is -2.15. The van der Waals surface area contributed by atoms with Gasteiger partial charge in [0.15, 0.2) is 0 Å². The predicted molar refractivity (Wildman–Crippen MR) is 68.2 cm³/mol. The van der Waals surface area contributed by atoms with E-state index in [9.17, 15) is 4.79 Å². The zero-order chi connectivity index (χ0) is 11.8. The Morgan fingerprint density at radius 2 is 2.41 bits per heavy atom. The second kappa shape index (κ2) is 4.03. The number of rotatable bonds is 2. The Morgan fingerprint density at radius 1 is 1.53 bits per heavy atom. The molecule has 1 fully saturated rings. The van der Waals surface area contributed by atoms with E-state index in [1.54, 1.807) is 11.1 Å². The van der Waals surface area contributed by atoms with Crippen molar-refractivity contribution in [1.82, 2.24) is 15.0 Å². The summed E-state index contributed by atoms with van der Waals surface area (Å²) < 4.78 is 0. The van der Waals surface area contributed by atoms with Crippen LogP contribution < -0.4 is 4.90 Å². The Balaban J connectivity index is 2.04. The molecule has 17 heavy (non-hydrogen) atoms. The van der Waals surface area contributed by atoms with Crippen LogP contribution in [0.25, 0.3) is 11.0 Å². The molecule has 0 saturated carbocycles. The van der Waals surface area contributed by atoms with E-state index in [4.69, 9.17) is 0 Å². The Morgan fingerprint density at radius 3 is 3.18 bits per heavy atom. The van der Waals surface area contributed by atoms with Crippen LogP contribution in [0.5, 0.6) is 0 Å². The standard InChI is InChI=1S/C11H12N4OS/c16-9-3-7(5-17)4-15(9)11-8-1-2-12-10(8)13-6-14-11/h1-2,6-7,17H,3-5H2,(H,12,13,14). The quantitative estimate of drug-likeness (QED) is 0.786. The molecule has 3 heterocycles. The molecule has 1 aliphatic heterocycles. The highest BCUT2D eigenvalue weighted by molar-refractivity contribution is 7.80. The number of aromatic nitrogens is 3. The molecule has 0 aromatic carbocycles. The van der Waals surface area contributed by atoms with Crippen LogP contribution >= 0.6 is 12.6 Å². The molecule has 1 amide bonds. The van der Waals surface area contributed by atoms with E-state index in [1.165, 1.54) is 6.33 Å². The fourth-order valence-corrected chi connectivity index (χ4v) is 2.43. The van der Waals surface area contributed by atoms with Crippen molar-refractivity contribution < 1.29 is 4.79 Å². The number of thiol groups is 1. The van der Waals surface area contributed by atoms with Crippen LogP contribution in [0.4, 0.5) is 5.82 Å². The van der Waals surface area contributed by atoms with Crippen molar-refractivity contribution in [3.8, 4) is 0 Å². The smallest absolute Gasteiger partial charge is 0.228 e. The van der Waals surface area contributed by atoms with E-state index in [-0.39, 0.29) is 5.91 Å². The molecule has 1 N–H and O–H groups in total. The third-order valence-corrected chi connectivity index (χ3v) is 3.57. The van der Waals surface area contributed by atoms with E-state index < -0.39 is 0 Å². The summed E-state index contributed by atoms with van der Waals surface area (Å²) >= 11 is 4.25. The highest BCUT2D eigenvalue weighted by Gasteiger charge is 2.31. The van der Waals surface area contributed by atoms with Gasteiger partial charge in [0.1, 0.15) is 17.8 Å². The summed E-state index contributed by atoms with van der Waals surface area (Å²) in [7, 11) is 0. The topological polar surface area (TPSA) is 61.9 Å². The second-order valence-corrected chi connectivity index (χ2v) is 4.56. The fraction of sp³-hybridized carbons (Fsp3) is 0.364. The Labute approximate surface area is 104 Å². The summed E-state index contributed by atoms with van der Waals surface area (Å²) in [6.07, 6.45) is 3.84. The SMILES string of the molecule is O=C1CC(CS)CN1c1ncnc2[nH]ccc12. The Kier molecular flexibility index (Phi) is 2.51. The normalized spacial score (nSPS) is 20.4. The zero-order valence-electron chi connectivity index (χ0n) is 9.13. The summed E-state index contributed by atoms with van der Waals surface area (Å²) in [6, 6.07) is 1.89. The van der Waals surface area contributed by atoms with Crippen LogP contribution in [-0.2, 0) is 4.79 Å². The van der Waals surface area contributed by atoms with Gasteiger partial charge in [-0.25, -0.2) is 9.97 Å². The number of anilines is 1. The zero-order valence-corrected chi connectivity index (χ0v) is 10.0. The highest BCUT2D eigenvalue weighted by Crippen LogP contribution is 2.28. The molecule has 6 heteroatoms. The van der Waals surface area contributed by atoms with Gasteiger partial charge in [-0.05, 0) is 17.7 Å². The first-order chi connectivity index (χ1) is 8.29. The van der Waals surface area contributed by atoms with Gasteiger partial charge in [0.25, 0.3) is 0 Å². The summed E-state index contributed by atoms with van der Waals surface area (Å²) in [5.41, 5.74) is 0.761. The number of nitrogens with one attached hydrogen (secondary N) is 1. The van der Waals surface area contributed by atoms with Crippen molar-refractivity contribution in [2.24, 2.45) is 5.92 Å². The van der Waals surface area contributed by atoms with Crippen molar-refractivity contribution in [2.45, 2.75) is 6.42 Å². The lowest BCUT2D eigenvalue weighted by Crippen LogP contribution is -2.25. The maximum atomic E-state index is 11.9. The predicted octanol–water partition coefficient (Wildman–Crippen LogP) is 1.24. The molecule has 0 radical (unpaired) electrons. The lowest BCUT2D eigenvalue weighted by atomic mass is 10.1. The molecule has 1 aliphatic rings. The van der Waals surface area contributed by atoms with Crippen LogP contribution in [0.3, 0.4) is 0 Å². The van der Waals surface area contributed by atoms with E-state index in [1.807, 2.05) is 6.07 Å². The third kappa shape index (κ3) is 1.68. The summed E-state index contributed by atoms with van der Waals surface area (Å²) in [6.45, 7) is 0.694. The first-order valence-corrected chi connectivity index (χ1v) is 6.12. The summed E-state index contributed by atoms with van der Waals surface area (Å²) in [5, 5.41) is 0.890. The Hall–Kier alpha value is -1.56. The molecule has 2 aromatic heterocycles. The van der Waals surface area contributed by atoms with Crippen LogP contribution in [-0.4, -0.2) is 33.2 Å². The summed E-state index contributed by atoms with van der Waals surface area (Å²) in [5.74, 6) is 1.86. The van der Waals surface area contributed by atoms with Gasteiger partial charge in [-0.2, -0.15) is 12.6 Å². The number of H-pyrrole nitrogens is 1. The molecule has 88 valence electrons. The molecule has 5 nitrogen and oxygen atoms in total. The maximum absolute atomic E-state index is 11.9. The van der Waals surface area contributed by atoms with Crippen molar-refractivity contribution in [1.29, 1.82) is 0 Å². The third-order valence-electron chi connectivity index (χ3n) is 3.05. The first kappa shape index (κ1) is 10.6. The van der Waals surface area contributed by atoms with Gasteiger partial charge in [-0.15, -0.1) is 0 Å². The van der Waals surface area contributed by atoms with Crippen molar-refractivity contribution >= 4 is 35.4 Å². The number of fused-ring (bicyclic) bond motifs is 1. The van der Waals surface area contributed by atoms with Crippen LogP contribution in [0.15, 0.2) is 18.6 Å². The number of amides is 1. The van der Waals surface area contributed by atoms with Crippen molar-refractivity contribution in [2.75, 3.05) is 17.2 Å². The molecule has 0 aliphatic carbocycles. The molecule has 1 atom stereocenters. The summed E-state index contributed by atoms with van der Waals surface area (Å²) in [4.78, 5) is 25.0. The van der Waals surface area contributed by atoms with E-state index >= 15 is 0 Å². The van der Waals surface area contributed by atoms with Crippen molar-refractivity contribution in [3.05, 3.63) is 18.6 Å². The van der Waals surface area contributed by atoms with Crippen molar-refractivity contribution in [3.63, 3.8) is 0 Å². The monoisotopic (exact) mass is 248 g/mol. The van der Waals surface area contributed by atoms with E-state index in [0.29, 0.717) is 24.7 Å². The molecule has 3 rings (SSSR count).